The van der Waals surface area contributed by atoms with E-state index in [9.17, 15) is 8.42 Å². The fraction of sp³-hybridized carbons (Fsp3) is 0.571. The molecule has 0 saturated heterocycles. The Morgan fingerprint density at radius 1 is 1.30 bits per heavy atom. The van der Waals surface area contributed by atoms with Gasteiger partial charge in [0, 0.05) is 17.6 Å². The summed E-state index contributed by atoms with van der Waals surface area (Å²) < 4.78 is 27.5. The third kappa shape index (κ3) is 3.95. The van der Waals surface area contributed by atoms with Crippen molar-refractivity contribution in [3.63, 3.8) is 0 Å². The van der Waals surface area contributed by atoms with Gasteiger partial charge >= 0.3 is 0 Å². The molecule has 0 amide bonds. The number of sulfonamides is 1. The van der Waals surface area contributed by atoms with Gasteiger partial charge in [-0.05, 0) is 43.1 Å². The van der Waals surface area contributed by atoms with Crippen molar-refractivity contribution in [2.75, 3.05) is 6.54 Å². The third-order valence-corrected chi connectivity index (χ3v) is 5.46. The van der Waals surface area contributed by atoms with Crippen molar-refractivity contribution >= 4 is 21.6 Å². The molecule has 0 spiro atoms. The van der Waals surface area contributed by atoms with Gasteiger partial charge in [-0.25, -0.2) is 13.1 Å². The smallest absolute Gasteiger partial charge is 0.240 e. The zero-order valence-electron chi connectivity index (χ0n) is 11.7. The van der Waals surface area contributed by atoms with Crippen LogP contribution in [0.4, 0.5) is 0 Å². The summed E-state index contributed by atoms with van der Waals surface area (Å²) in [4.78, 5) is 0.293. The monoisotopic (exact) mass is 316 g/mol. The summed E-state index contributed by atoms with van der Waals surface area (Å²) in [5.74, 6) is 0. The lowest BCUT2D eigenvalue weighted by molar-refractivity contribution is 0.552. The molecular formula is C14H21ClN2O2S. The van der Waals surface area contributed by atoms with E-state index in [1.165, 1.54) is 0 Å². The van der Waals surface area contributed by atoms with Gasteiger partial charge in [-0.3, -0.25) is 0 Å². The molecule has 6 heteroatoms. The Bertz CT molecular complexity index is 554. The maximum atomic E-state index is 12.4. The maximum Gasteiger partial charge on any atom is 0.240 e. The minimum atomic E-state index is -3.44. The average molecular weight is 317 g/mol. The van der Waals surface area contributed by atoms with Gasteiger partial charge in [-0.2, -0.15) is 0 Å². The van der Waals surface area contributed by atoms with Crippen molar-refractivity contribution in [3.05, 3.63) is 28.8 Å². The summed E-state index contributed by atoms with van der Waals surface area (Å²) in [6.07, 6.45) is 4.05. The molecule has 0 heterocycles. The fourth-order valence-electron chi connectivity index (χ4n) is 2.44. The molecule has 4 nitrogen and oxygen atoms in total. The number of benzene rings is 1. The number of hydrogen-bond donors (Lipinski definition) is 2. The van der Waals surface area contributed by atoms with Crippen LogP contribution in [0.1, 0.15) is 38.2 Å². The van der Waals surface area contributed by atoms with Crippen LogP contribution in [0.2, 0.25) is 5.02 Å². The van der Waals surface area contributed by atoms with Crippen LogP contribution in [0.3, 0.4) is 0 Å². The molecule has 0 unspecified atom stereocenters. The van der Waals surface area contributed by atoms with Gasteiger partial charge in [-0.1, -0.05) is 31.4 Å². The summed E-state index contributed by atoms with van der Waals surface area (Å²) in [7, 11) is -3.44. The van der Waals surface area contributed by atoms with E-state index in [4.69, 9.17) is 11.6 Å². The van der Waals surface area contributed by atoms with E-state index in [1.807, 2.05) is 6.92 Å². The van der Waals surface area contributed by atoms with Crippen LogP contribution in [-0.2, 0) is 16.6 Å². The molecule has 1 aliphatic rings. The normalized spacial score (nSPS) is 16.7. The first-order valence-electron chi connectivity index (χ1n) is 7.04. The van der Waals surface area contributed by atoms with Crippen molar-refractivity contribution in [2.45, 2.75) is 50.1 Å². The molecule has 2 rings (SSSR count). The Balaban J connectivity index is 2.17. The highest BCUT2D eigenvalue weighted by Gasteiger charge is 2.23. The second kappa shape index (κ2) is 6.89. The second-order valence-corrected chi connectivity index (χ2v) is 7.26. The molecule has 0 bridgehead atoms. The Hall–Kier alpha value is -0.620. The van der Waals surface area contributed by atoms with Crippen molar-refractivity contribution in [1.82, 2.24) is 10.0 Å². The first-order valence-corrected chi connectivity index (χ1v) is 8.90. The molecular weight excluding hydrogens is 296 g/mol. The van der Waals surface area contributed by atoms with E-state index in [2.05, 4.69) is 10.0 Å². The van der Waals surface area contributed by atoms with Crippen molar-refractivity contribution in [1.29, 1.82) is 0 Å². The first-order chi connectivity index (χ1) is 9.53. The number of rotatable bonds is 6. The van der Waals surface area contributed by atoms with Crippen molar-refractivity contribution < 1.29 is 8.42 Å². The fourth-order valence-corrected chi connectivity index (χ4v) is 3.98. The number of hydrogen-bond acceptors (Lipinski definition) is 3. The highest BCUT2D eigenvalue weighted by molar-refractivity contribution is 7.89. The lowest BCUT2D eigenvalue weighted by atomic mass is 10.2. The Labute approximate surface area is 126 Å². The molecule has 1 fully saturated rings. The lowest BCUT2D eigenvalue weighted by Gasteiger charge is -2.14. The van der Waals surface area contributed by atoms with E-state index < -0.39 is 10.0 Å². The lowest BCUT2D eigenvalue weighted by Crippen LogP contribution is -2.32. The quantitative estimate of drug-likeness (QED) is 0.848. The van der Waals surface area contributed by atoms with Gasteiger partial charge in [0.25, 0.3) is 0 Å². The summed E-state index contributed by atoms with van der Waals surface area (Å²) in [5.41, 5.74) is 0.808. The molecule has 2 N–H and O–H groups in total. The molecule has 1 aromatic carbocycles. The van der Waals surface area contributed by atoms with Crippen molar-refractivity contribution in [3.8, 4) is 0 Å². The largest absolute Gasteiger partial charge is 0.313 e. The van der Waals surface area contributed by atoms with E-state index in [0.29, 0.717) is 16.5 Å². The van der Waals surface area contributed by atoms with Crippen LogP contribution >= 0.6 is 11.6 Å². The van der Waals surface area contributed by atoms with Crippen molar-refractivity contribution in [2.24, 2.45) is 0 Å². The van der Waals surface area contributed by atoms with E-state index >= 15 is 0 Å². The molecule has 112 valence electrons. The standard InChI is InChI=1S/C14H21ClN2O2S/c1-2-16-10-11-9-13(7-8-14(11)15)20(18,19)17-12-5-3-4-6-12/h7-9,12,16-17H,2-6,10H2,1H3. The Morgan fingerprint density at radius 3 is 2.65 bits per heavy atom. The first kappa shape index (κ1) is 15.8. The van der Waals surface area contributed by atoms with Crippen LogP contribution in [0, 0.1) is 0 Å². The second-order valence-electron chi connectivity index (χ2n) is 5.14. The molecule has 0 aromatic heterocycles. The third-order valence-electron chi connectivity index (χ3n) is 3.57. The van der Waals surface area contributed by atoms with Crippen LogP contribution in [-0.4, -0.2) is 21.0 Å². The highest BCUT2D eigenvalue weighted by Crippen LogP contribution is 2.23. The zero-order chi connectivity index (χ0) is 14.6. The SMILES string of the molecule is CCNCc1cc(S(=O)(=O)NC2CCCC2)ccc1Cl. The van der Waals surface area contributed by atoms with Gasteiger partial charge in [0.2, 0.25) is 10.0 Å². The maximum absolute atomic E-state index is 12.4. The topological polar surface area (TPSA) is 58.2 Å². The van der Waals surface area contributed by atoms with Gasteiger partial charge in [-0.15, -0.1) is 0 Å². The van der Waals surface area contributed by atoms with Gasteiger partial charge in [0.05, 0.1) is 4.90 Å². The Kier molecular flexibility index (Phi) is 5.43. The number of halogens is 1. The van der Waals surface area contributed by atoms with E-state index in [0.717, 1.165) is 37.8 Å². The van der Waals surface area contributed by atoms with Gasteiger partial charge in [0.1, 0.15) is 0 Å². The molecule has 1 aliphatic carbocycles. The predicted octanol–water partition coefficient (Wildman–Crippen LogP) is 2.67. The predicted molar refractivity (Wildman–Crippen MR) is 81.4 cm³/mol. The van der Waals surface area contributed by atoms with Crippen LogP contribution in [0.5, 0.6) is 0 Å². The average Bonchev–Trinajstić information content (AvgIpc) is 2.89. The molecule has 0 radical (unpaired) electrons. The summed E-state index contributed by atoms with van der Waals surface area (Å²) in [5, 5.41) is 3.75. The Morgan fingerprint density at radius 2 is 2.00 bits per heavy atom. The van der Waals surface area contributed by atoms with Crippen LogP contribution in [0.25, 0.3) is 0 Å². The minimum absolute atomic E-state index is 0.0768. The minimum Gasteiger partial charge on any atom is -0.313 e. The molecule has 1 aromatic rings. The summed E-state index contributed by atoms with van der Waals surface area (Å²) in [6, 6.07) is 4.95. The van der Waals surface area contributed by atoms with Gasteiger partial charge in [0.15, 0.2) is 0 Å². The molecule has 1 saturated carbocycles. The molecule has 0 aliphatic heterocycles. The van der Waals surface area contributed by atoms with E-state index in [1.54, 1.807) is 18.2 Å². The molecule has 0 atom stereocenters. The molecule has 20 heavy (non-hydrogen) atoms. The number of nitrogens with one attached hydrogen (secondary N) is 2. The summed E-state index contributed by atoms with van der Waals surface area (Å²) in [6.45, 7) is 3.38. The highest BCUT2D eigenvalue weighted by atomic mass is 35.5. The van der Waals surface area contributed by atoms with Crippen LogP contribution < -0.4 is 10.0 Å². The summed E-state index contributed by atoms with van der Waals surface area (Å²) >= 11 is 6.10. The van der Waals surface area contributed by atoms with Gasteiger partial charge < -0.3 is 5.32 Å². The zero-order valence-corrected chi connectivity index (χ0v) is 13.2. The van der Waals surface area contributed by atoms with Crippen LogP contribution in [0.15, 0.2) is 23.1 Å². The van der Waals surface area contributed by atoms with E-state index in [-0.39, 0.29) is 6.04 Å².